The summed E-state index contributed by atoms with van der Waals surface area (Å²) < 4.78 is 0. The van der Waals surface area contributed by atoms with Crippen molar-refractivity contribution in [3.05, 3.63) is 0 Å². The minimum atomic E-state index is -1.20. The Morgan fingerprint density at radius 1 is 1.40 bits per heavy atom. The van der Waals surface area contributed by atoms with Crippen LogP contribution >= 0.6 is 0 Å². The molecule has 1 amide bonds. The second kappa shape index (κ2) is 4.08. The van der Waals surface area contributed by atoms with E-state index in [0.29, 0.717) is 25.7 Å². The maximum absolute atomic E-state index is 11.2. The number of hydrogen-bond donors (Lipinski definition) is 2. The van der Waals surface area contributed by atoms with Crippen molar-refractivity contribution in [3.8, 4) is 0 Å². The highest BCUT2D eigenvalue weighted by Crippen LogP contribution is 2.38. The largest absolute Gasteiger partial charge is 0.479 e. The minimum Gasteiger partial charge on any atom is -0.479 e. The van der Waals surface area contributed by atoms with Crippen LogP contribution in [0.5, 0.6) is 0 Å². The van der Waals surface area contributed by atoms with E-state index in [0.717, 1.165) is 4.90 Å². The zero-order valence-corrected chi connectivity index (χ0v) is 9.06. The van der Waals surface area contributed by atoms with Gasteiger partial charge in [0.05, 0.1) is 0 Å². The van der Waals surface area contributed by atoms with Crippen LogP contribution in [0.1, 0.15) is 39.5 Å². The normalized spacial score (nSPS) is 30.5. The molecule has 1 heterocycles. The van der Waals surface area contributed by atoms with E-state index in [1.54, 1.807) is 6.92 Å². The van der Waals surface area contributed by atoms with Crippen LogP contribution in [-0.2, 0) is 4.79 Å². The van der Waals surface area contributed by atoms with E-state index >= 15 is 0 Å². The van der Waals surface area contributed by atoms with Gasteiger partial charge in [0.1, 0.15) is 5.54 Å². The first kappa shape index (κ1) is 11.8. The van der Waals surface area contributed by atoms with Crippen LogP contribution in [0, 0.1) is 0 Å². The van der Waals surface area contributed by atoms with Crippen LogP contribution in [-0.4, -0.2) is 38.8 Å². The number of nitrogens with zero attached hydrogens (tertiary/aromatic N) is 1. The van der Waals surface area contributed by atoms with Crippen molar-refractivity contribution >= 4 is 12.1 Å². The Kier molecular flexibility index (Phi) is 3.21. The highest BCUT2D eigenvalue weighted by atomic mass is 16.4. The first-order valence-electron chi connectivity index (χ1n) is 5.25. The van der Waals surface area contributed by atoms with Gasteiger partial charge in [-0.1, -0.05) is 13.8 Å². The fraction of sp³-hybridized carbons (Fsp3) is 0.800. The van der Waals surface area contributed by atoms with Gasteiger partial charge in [-0.05, 0) is 25.7 Å². The van der Waals surface area contributed by atoms with E-state index in [4.69, 9.17) is 5.11 Å². The summed E-state index contributed by atoms with van der Waals surface area (Å²) in [6.07, 6.45) is 0.933. The molecule has 1 aliphatic rings. The lowest BCUT2D eigenvalue weighted by Gasteiger charge is -2.34. The summed E-state index contributed by atoms with van der Waals surface area (Å²) in [6, 6.07) is -0.154. The van der Waals surface area contributed by atoms with Crippen LogP contribution in [0.4, 0.5) is 4.79 Å². The second-order valence-electron chi connectivity index (χ2n) is 3.94. The maximum Gasteiger partial charge on any atom is 0.408 e. The predicted octanol–water partition coefficient (Wildman–Crippen LogP) is 1.77. The molecular weight excluding hydrogens is 198 g/mol. The molecule has 0 bridgehead atoms. The molecule has 5 heteroatoms. The van der Waals surface area contributed by atoms with E-state index in [1.165, 1.54) is 0 Å². The molecular formula is C10H17NO4. The van der Waals surface area contributed by atoms with Crippen LogP contribution in [0.25, 0.3) is 0 Å². The molecule has 1 fully saturated rings. The van der Waals surface area contributed by atoms with E-state index in [9.17, 15) is 14.7 Å². The Labute approximate surface area is 88.7 Å². The van der Waals surface area contributed by atoms with Gasteiger partial charge in [-0.15, -0.1) is 0 Å². The third-order valence-corrected chi connectivity index (χ3v) is 3.38. The molecule has 0 radical (unpaired) electrons. The highest BCUT2D eigenvalue weighted by Gasteiger charge is 2.52. The van der Waals surface area contributed by atoms with E-state index in [2.05, 4.69) is 0 Å². The molecule has 86 valence electrons. The third-order valence-electron chi connectivity index (χ3n) is 3.38. The molecule has 0 aromatic rings. The molecule has 0 saturated carbocycles. The van der Waals surface area contributed by atoms with Crippen LogP contribution in [0.2, 0.25) is 0 Å². The lowest BCUT2D eigenvalue weighted by atomic mass is 9.93. The van der Waals surface area contributed by atoms with Gasteiger partial charge < -0.3 is 10.2 Å². The number of carboxylic acid groups (broad SMARTS) is 2. The molecule has 0 spiro atoms. The molecule has 0 aromatic heterocycles. The summed E-state index contributed by atoms with van der Waals surface area (Å²) in [4.78, 5) is 23.5. The van der Waals surface area contributed by atoms with Crippen molar-refractivity contribution in [2.24, 2.45) is 0 Å². The number of carboxylic acids is 1. The van der Waals surface area contributed by atoms with Gasteiger partial charge in [0, 0.05) is 6.04 Å². The number of likely N-dealkylation sites (tertiary alicyclic amines) is 1. The van der Waals surface area contributed by atoms with Gasteiger partial charge in [-0.3, -0.25) is 4.90 Å². The van der Waals surface area contributed by atoms with Crippen molar-refractivity contribution in [1.82, 2.24) is 4.90 Å². The van der Waals surface area contributed by atoms with Crippen molar-refractivity contribution in [1.29, 1.82) is 0 Å². The molecule has 2 N–H and O–H groups in total. The lowest BCUT2D eigenvalue weighted by molar-refractivity contribution is -0.149. The van der Waals surface area contributed by atoms with Gasteiger partial charge in [-0.25, -0.2) is 9.59 Å². The quantitative estimate of drug-likeness (QED) is 0.752. The van der Waals surface area contributed by atoms with Gasteiger partial charge in [0.2, 0.25) is 0 Å². The smallest absolute Gasteiger partial charge is 0.408 e. The topological polar surface area (TPSA) is 77.8 Å². The van der Waals surface area contributed by atoms with Crippen molar-refractivity contribution in [2.75, 3.05) is 0 Å². The van der Waals surface area contributed by atoms with Crippen molar-refractivity contribution < 1.29 is 19.8 Å². The molecule has 0 aliphatic carbocycles. The molecule has 0 unspecified atom stereocenters. The SMILES string of the molecule is CC[C@@H]1CC[C@@](CC)(C(=O)O)N1C(=O)O. The first-order chi connectivity index (χ1) is 6.99. The maximum atomic E-state index is 11.2. The molecule has 1 rings (SSSR count). The number of rotatable bonds is 3. The second-order valence-corrected chi connectivity index (χ2v) is 3.94. The van der Waals surface area contributed by atoms with Crippen molar-refractivity contribution in [3.63, 3.8) is 0 Å². The standard InChI is InChI=1S/C10H17NO4/c1-3-7-5-6-10(4-2,8(12)13)11(7)9(14)15/h7H,3-6H2,1-2H3,(H,12,13)(H,14,15)/t7-,10+/m1/s1. The summed E-state index contributed by atoms with van der Waals surface area (Å²) in [5, 5.41) is 18.3. The summed E-state index contributed by atoms with van der Waals surface area (Å²) in [6.45, 7) is 3.61. The zero-order valence-electron chi connectivity index (χ0n) is 9.06. The van der Waals surface area contributed by atoms with Crippen molar-refractivity contribution in [2.45, 2.75) is 51.1 Å². The summed E-state index contributed by atoms with van der Waals surface area (Å²) in [7, 11) is 0. The van der Waals surface area contributed by atoms with Gasteiger partial charge in [-0.2, -0.15) is 0 Å². The van der Waals surface area contributed by atoms with Gasteiger partial charge in [0.25, 0.3) is 0 Å². The number of aliphatic carboxylic acids is 1. The van der Waals surface area contributed by atoms with Gasteiger partial charge >= 0.3 is 12.1 Å². The monoisotopic (exact) mass is 215 g/mol. The Balaban J connectivity index is 3.07. The fourth-order valence-corrected chi connectivity index (χ4v) is 2.44. The highest BCUT2D eigenvalue weighted by molar-refractivity contribution is 5.84. The summed E-state index contributed by atoms with van der Waals surface area (Å²) >= 11 is 0. The molecule has 1 aliphatic heterocycles. The van der Waals surface area contributed by atoms with E-state index in [1.807, 2.05) is 6.92 Å². The molecule has 0 aromatic carbocycles. The Morgan fingerprint density at radius 3 is 2.33 bits per heavy atom. The van der Waals surface area contributed by atoms with E-state index < -0.39 is 17.6 Å². The van der Waals surface area contributed by atoms with Gasteiger partial charge in [0.15, 0.2) is 0 Å². The molecule has 1 saturated heterocycles. The molecule has 5 nitrogen and oxygen atoms in total. The van der Waals surface area contributed by atoms with Crippen LogP contribution < -0.4 is 0 Å². The minimum absolute atomic E-state index is 0.154. The summed E-state index contributed by atoms with van der Waals surface area (Å²) in [5.41, 5.74) is -1.20. The number of carbonyl (C=O) groups is 2. The number of amides is 1. The third kappa shape index (κ3) is 1.66. The first-order valence-corrected chi connectivity index (χ1v) is 5.25. The fourth-order valence-electron chi connectivity index (χ4n) is 2.44. The average Bonchev–Trinajstić information content (AvgIpc) is 2.57. The average molecular weight is 215 g/mol. The Bertz CT molecular complexity index is 279. The lowest BCUT2D eigenvalue weighted by Crippen LogP contribution is -2.54. The zero-order chi connectivity index (χ0) is 11.6. The Morgan fingerprint density at radius 2 is 2.00 bits per heavy atom. The summed E-state index contributed by atoms with van der Waals surface area (Å²) in [5.74, 6) is -1.02. The van der Waals surface area contributed by atoms with E-state index in [-0.39, 0.29) is 6.04 Å². The molecule has 2 atom stereocenters. The Hall–Kier alpha value is -1.26. The predicted molar refractivity (Wildman–Crippen MR) is 53.8 cm³/mol. The van der Waals surface area contributed by atoms with Crippen LogP contribution in [0.15, 0.2) is 0 Å². The van der Waals surface area contributed by atoms with Crippen LogP contribution in [0.3, 0.4) is 0 Å². The molecule has 15 heavy (non-hydrogen) atoms. The number of hydrogen-bond acceptors (Lipinski definition) is 2.